The normalized spacial score (nSPS) is 15.2. The number of carboxylic acids is 1. The third-order valence-electron chi connectivity index (χ3n) is 7.32. The van der Waals surface area contributed by atoms with Crippen molar-refractivity contribution in [2.75, 3.05) is 37.8 Å². The molecule has 7 nitrogen and oxygen atoms in total. The summed E-state index contributed by atoms with van der Waals surface area (Å²) in [6, 6.07) is 6.85. The molecule has 2 N–H and O–H groups in total. The number of aliphatic hydroxyl groups is 1. The lowest BCUT2D eigenvalue weighted by atomic mass is 9.86. The first kappa shape index (κ1) is 28.5. The molecule has 1 atom stereocenters. The lowest BCUT2D eigenvalue weighted by Gasteiger charge is -2.33. The molecule has 38 heavy (non-hydrogen) atoms. The molecule has 2 heterocycles. The van der Waals surface area contributed by atoms with Crippen LogP contribution >= 0.6 is 22.6 Å². The molecular weight excluding hydrogens is 602 g/mol. The van der Waals surface area contributed by atoms with Crippen molar-refractivity contribution in [3.8, 4) is 0 Å². The number of hydrogen-bond acceptors (Lipinski definition) is 5. The molecule has 4 rings (SSSR count). The lowest BCUT2D eigenvalue weighted by molar-refractivity contribution is 0.0692. The first-order valence-electron chi connectivity index (χ1n) is 12.8. The second-order valence-electron chi connectivity index (χ2n) is 10.8. The van der Waals surface area contributed by atoms with Gasteiger partial charge in [0.15, 0.2) is 0 Å². The minimum absolute atomic E-state index is 0.221. The number of morpholine rings is 1. The zero-order valence-corrected chi connectivity index (χ0v) is 24.3. The molecule has 1 aliphatic rings. The fourth-order valence-corrected chi connectivity index (χ4v) is 5.80. The van der Waals surface area contributed by atoms with E-state index in [4.69, 9.17) is 4.74 Å². The Morgan fingerprint density at radius 2 is 1.82 bits per heavy atom. The van der Waals surface area contributed by atoms with Crippen LogP contribution in [0.2, 0.25) is 0 Å². The Labute approximate surface area is 235 Å². The predicted molar refractivity (Wildman–Crippen MR) is 155 cm³/mol. The van der Waals surface area contributed by atoms with Gasteiger partial charge < -0.3 is 24.4 Å². The molecule has 1 fully saturated rings. The van der Waals surface area contributed by atoms with E-state index in [1.165, 1.54) is 6.20 Å². The largest absolute Gasteiger partial charge is 0.477 e. The van der Waals surface area contributed by atoms with Crippen LogP contribution in [0.25, 0.3) is 10.9 Å². The SMILES string of the molecule is CCc1cc2c(cc1Cc1cc(N3CCOCC3)cc(I)c1F)c(=O)c(C(=O)O)cn2[C@H](CO)C(C)(C)C. The topological polar surface area (TPSA) is 92.0 Å². The van der Waals surface area contributed by atoms with E-state index >= 15 is 4.39 Å². The summed E-state index contributed by atoms with van der Waals surface area (Å²) >= 11 is 2.01. The quantitative estimate of drug-likeness (QED) is 0.355. The van der Waals surface area contributed by atoms with Gasteiger partial charge in [-0.15, -0.1) is 0 Å². The van der Waals surface area contributed by atoms with Crippen LogP contribution in [-0.4, -0.2) is 53.7 Å². The molecule has 0 unspecified atom stereocenters. The number of anilines is 1. The number of carboxylic acid groups (broad SMARTS) is 1. The Hall–Kier alpha value is -2.50. The number of hydrogen-bond donors (Lipinski definition) is 2. The summed E-state index contributed by atoms with van der Waals surface area (Å²) in [4.78, 5) is 27.5. The molecule has 9 heteroatoms. The Morgan fingerprint density at radius 1 is 1.13 bits per heavy atom. The number of aliphatic hydroxyl groups excluding tert-OH is 1. The fraction of sp³-hybridized carbons (Fsp3) is 0.448. The molecule has 0 bridgehead atoms. The molecule has 204 valence electrons. The van der Waals surface area contributed by atoms with Crippen molar-refractivity contribution in [1.82, 2.24) is 4.57 Å². The average Bonchev–Trinajstić information content (AvgIpc) is 2.87. The maximum absolute atomic E-state index is 15.4. The molecule has 1 aliphatic heterocycles. The average molecular weight is 637 g/mol. The molecule has 0 amide bonds. The zero-order chi connectivity index (χ0) is 27.8. The van der Waals surface area contributed by atoms with Gasteiger partial charge in [-0.1, -0.05) is 27.7 Å². The summed E-state index contributed by atoms with van der Waals surface area (Å²) < 4.78 is 23.1. The molecule has 0 spiro atoms. The summed E-state index contributed by atoms with van der Waals surface area (Å²) in [5.74, 6) is -1.62. The highest BCUT2D eigenvalue weighted by atomic mass is 127. The second kappa shape index (κ2) is 11.3. The van der Waals surface area contributed by atoms with Crippen LogP contribution in [0.4, 0.5) is 10.1 Å². The van der Waals surface area contributed by atoms with Crippen LogP contribution in [0.5, 0.6) is 0 Å². The number of pyridine rings is 1. The van der Waals surface area contributed by atoms with Crippen LogP contribution in [0.3, 0.4) is 0 Å². The molecule has 0 radical (unpaired) electrons. The Kier molecular flexibility index (Phi) is 8.49. The molecular formula is C29H34FIN2O5. The minimum atomic E-state index is -1.32. The Morgan fingerprint density at radius 3 is 2.39 bits per heavy atom. The smallest absolute Gasteiger partial charge is 0.341 e. The summed E-state index contributed by atoms with van der Waals surface area (Å²) in [5.41, 5.74) is 2.37. The number of ether oxygens (including phenoxy) is 1. The summed E-state index contributed by atoms with van der Waals surface area (Å²) in [6.45, 7) is 10.4. The summed E-state index contributed by atoms with van der Waals surface area (Å²) in [7, 11) is 0. The molecule has 0 saturated carbocycles. The second-order valence-corrected chi connectivity index (χ2v) is 12.0. The van der Waals surface area contributed by atoms with Crippen LogP contribution in [-0.2, 0) is 17.6 Å². The number of aryl methyl sites for hydroxylation is 1. The van der Waals surface area contributed by atoms with Crippen molar-refractivity contribution in [3.05, 3.63) is 72.3 Å². The van der Waals surface area contributed by atoms with Crippen LogP contribution in [0, 0.1) is 14.8 Å². The van der Waals surface area contributed by atoms with Crippen molar-refractivity contribution in [3.63, 3.8) is 0 Å². The van der Waals surface area contributed by atoms with Gasteiger partial charge in [-0.25, -0.2) is 9.18 Å². The van der Waals surface area contributed by atoms with E-state index in [0.29, 0.717) is 34.3 Å². The molecule has 1 aromatic heterocycles. The van der Waals surface area contributed by atoms with Crippen molar-refractivity contribution >= 4 is 45.2 Å². The Balaban J connectivity index is 1.91. The monoisotopic (exact) mass is 636 g/mol. The number of aromatic nitrogens is 1. The van der Waals surface area contributed by atoms with Gasteiger partial charge in [0.25, 0.3) is 0 Å². The van der Waals surface area contributed by atoms with E-state index in [1.54, 1.807) is 10.6 Å². The molecule has 0 aliphatic carbocycles. The van der Waals surface area contributed by atoms with Gasteiger partial charge in [-0.05, 0) is 75.4 Å². The van der Waals surface area contributed by atoms with E-state index in [0.717, 1.165) is 29.9 Å². The van der Waals surface area contributed by atoms with E-state index < -0.39 is 22.9 Å². The number of fused-ring (bicyclic) bond motifs is 1. The van der Waals surface area contributed by atoms with Crippen LogP contribution < -0.4 is 10.3 Å². The molecule has 1 saturated heterocycles. The van der Waals surface area contributed by atoms with E-state index in [1.807, 2.05) is 68.5 Å². The first-order valence-corrected chi connectivity index (χ1v) is 13.9. The van der Waals surface area contributed by atoms with Gasteiger partial charge in [-0.3, -0.25) is 4.79 Å². The van der Waals surface area contributed by atoms with Crippen molar-refractivity contribution in [2.45, 2.75) is 46.6 Å². The van der Waals surface area contributed by atoms with Gasteiger partial charge >= 0.3 is 5.97 Å². The molecule has 3 aromatic rings. The van der Waals surface area contributed by atoms with Crippen LogP contribution in [0.1, 0.15) is 60.8 Å². The van der Waals surface area contributed by atoms with E-state index in [9.17, 15) is 19.8 Å². The third-order valence-corrected chi connectivity index (χ3v) is 8.10. The minimum Gasteiger partial charge on any atom is -0.477 e. The number of rotatable bonds is 7. The number of benzene rings is 2. The highest BCUT2D eigenvalue weighted by molar-refractivity contribution is 14.1. The predicted octanol–water partition coefficient (Wildman–Crippen LogP) is 5.01. The highest BCUT2D eigenvalue weighted by Gasteiger charge is 2.29. The van der Waals surface area contributed by atoms with Gasteiger partial charge in [0.1, 0.15) is 11.4 Å². The lowest BCUT2D eigenvalue weighted by Crippen LogP contribution is -2.36. The highest BCUT2D eigenvalue weighted by Crippen LogP contribution is 2.34. The molecule has 2 aromatic carbocycles. The van der Waals surface area contributed by atoms with Crippen molar-refractivity contribution in [2.24, 2.45) is 5.41 Å². The number of halogens is 2. The van der Waals surface area contributed by atoms with Gasteiger partial charge in [0, 0.05) is 36.8 Å². The number of aromatic carboxylic acids is 1. The van der Waals surface area contributed by atoms with E-state index in [-0.39, 0.29) is 29.8 Å². The third kappa shape index (κ3) is 5.60. The van der Waals surface area contributed by atoms with Crippen molar-refractivity contribution in [1.29, 1.82) is 0 Å². The standard InChI is InChI=1S/C29H34FIN2O5/c1-5-17-13-24-21(27(35)22(28(36)37)15-33(24)25(16-34)29(2,3)4)12-18(17)10-19-11-20(14-23(31)26(19)30)32-6-8-38-9-7-32/h11-15,25,34H,5-10,16H2,1-4H3,(H,36,37)/t25-/m1/s1. The maximum atomic E-state index is 15.4. The van der Waals surface area contributed by atoms with Gasteiger partial charge in [0.2, 0.25) is 5.43 Å². The van der Waals surface area contributed by atoms with Crippen LogP contribution in [0.15, 0.2) is 35.3 Å². The Bertz CT molecular complexity index is 1420. The zero-order valence-electron chi connectivity index (χ0n) is 22.2. The van der Waals surface area contributed by atoms with Crippen molar-refractivity contribution < 1.29 is 24.1 Å². The number of carbonyl (C=O) groups is 1. The fourth-order valence-electron chi connectivity index (χ4n) is 5.14. The van der Waals surface area contributed by atoms with Gasteiger partial charge in [-0.2, -0.15) is 0 Å². The maximum Gasteiger partial charge on any atom is 0.341 e. The summed E-state index contributed by atoms with van der Waals surface area (Å²) in [6.07, 6.45) is 2.24. The van der Waals surface area contributed by atoms with Gasteiger partial charge in [0.05, 0.1) is 34.9 Å². The van der Waals surface area contributed by atoms with E-state index in [2.05, 4.69) is 4.90 Å². The summed E-state index contributed by atoms with van der Waals surface area (Å²) in [5, 5.41) is 20.3. The number of nitrogens with zero attached hydrogens (tertiary/aromatic N) is 2. The first-order chi connectivity index (χ1) is 18.0.